The van der Waals surface area contributed by atoms with Crippen LogP contribution in [0.25, 0.3) is 0 Å². The molecule has 3 atom stereocenters. The normalized spacial score (nSPS) is 35.2. The van der Waals surface area contributed by atoms with Crippen LogP contribution in [0.4, 0.5) is 0 Å². The molecule has 2 nitrogen and oxygen atoms in total. The number of aliphatic hydroxyl groups excluding tert-OH is 1. The van der Waals surface area contributed by atoms with E-state index in [2.05, 4.69) is 38.1 Å². The Balaban J connectivity index is 1.75. The highest BCUT2D eigenvalue weighted by molar-refractivity contribution is 8.00. The first kappa shape index (κ1) is 14.4. The molecule has 0 saturated heterocycles. The standard InChI is InChI=1S/C17H25NOS/c1-16(2)7-8-17(11-18,15(16)19)10-13-9-12-5-3-4-6-14(12)20-13/h3-6,13,15,19H,7-11,18H2,1-2H3. The van der Waals surface area contributed by atoms with Crippen molar-refractivity contribution in [3.63, 3.8) is 0 Å². The molecule has 0 amide bonds. The van der Waals surface area contributed by atoms with Crippen LogP contribution in [0, 0.1) is 10.8 Å². The highest BCUT2D eigenvalue weighted by Crippen LogP contribution is 2.53. The molecule has 1 saturated carbocycles. The minimum Gasteiger partial charge on any atom is -0.392 e. The summed E-state index contributed by atoms with van der Waals surface area (Å²) < 4.78 is 0. The number of nitrogens with two attached hydrogens (primary N) is 1. The molecule has 0 aromatic heterocycles. The Kier molecular flexibility index (Phi) is 3.64. The molecule has 1 aliphatic heterocycles. The quantitative estimate of drug-likeness (QED) is 0.899. The van der Waals surface area contributed by atoms with Gasteiger partial charge in [-0.15, -0.1) is 11.8 Å². The van der Waals surface area contributed by atoms with Gasteiger partial charge in [0, 0.05) is 22.1 Å². The molecule has 3 heteroatoms. The molecule has 0 radical (unpaired) electrons. The van der Waals surface area contributed by atoms with E-state index in [1.165, 1.54) is 10.5 Å². The van der Waals surface area contributed by atoms with Crippen molar-refractivity contribution >= 4 is 11.8 Å². The summed E-state index contributed by atoms with van der Waals surface area (Å²) in [5.41, 5.74) is 7.48. The summed E-state index contributed by atoms with van der Waals surface area (Å²) in [7, 11) is 0. The Hall–Kier alpha value is -0.510. The molecule has 1 aliphatic carbocycles. The fraction of sp³-hybridized carbons (Fsp3) is 0.647. The third-order valence-corrected chi connectivity index (χ3v) is 6.66. The van der Waals surface area contributed by atoms with Crippen molar-refractivity contribution < 1.29 is 5.11 Å². The monoisotopic (exact) mass is 291 g/mol. The van der Waals surface area contributed by atoms with Gasteiger partial charge in [0.2, 0.25) is 0 Å². The molecule has 20 heavy (non-hydrogen) atoms. The number of benzene rings is 1. The number of rotatable bonds is 3. The van der Waals surface area contributed by atoms with Gasteiger partial charge < -0.3 is 10.8 Å². The lowest BCUT2D eigenvalue weighted by molar-refractivity contribution is -0.00907. The summed E-state index contributed by atoms with van der Waals surface area (Å²) in [6.45, 7) is 4.95. The zero-order valence-corrected chi connectivity index (χ0v) is 13.2. The van der Waals surface area contributed by atoms with Crippen molar-refractivity contribution in [2.24, 2.45) is 16.6 Å². The van der Waals surface area contributed by atoms with Crippen LogP contribution in [0.5, 0.6) is 0 Å². The molecule has 1 aromatic rings. The van der Waals surface area contributed by atoms with E-state index in [0.29, 0.717) is 11.8 Å². The van der Waals surface area contributed by atoms with Crippen molar-refractivity contribution in [2.45, 2.75) is 55.8 Å². The molecule has 1 aromatic carbocycles. The van der Waals surface area contributed by atoms with Gasteiger partial charge in [0.25, 0.3) is 0 Å². The molecule has 2 aliphatic rings. The minimum absolute atomic E-state index is 0.00942. The van der Waals surface area contributed by atoms with Crippen molar-refractivity contribution in [3.05, 3.63) is 29.8 Å². The van der Waals surface area contributed by atoms with Crippen molar-refractivity contribution in [1.82, 2.24) is 0 Å². The zero-order valence-electron chi connectivity index (χ0n) is 12.4. The molecule has 3 N–H and O–H groups in total. The maximum Gasteiger partial charge on any atom is 0.0659 e. The SMILES string of the molecule is CC1(C)CCC(CN)(CC2Cc3ccccc3S2)C1O. The Morgan fingerprint density at radius 2 is 2.05 bits per heavy atom. The van der Waals surface area contributed by atoms with Gasteiger partial charge >= 0.3 is 0 Å². The highest BCUT2D eigenvalue weighted by Gasteiger charge is 2.52. The summed E-state index contributed by atoms with van der Waals surface area (Å²) in [6.07, 6.45) is 4.02. The Morgan fingerprint density at radius 1 is 1.30 bits per heavy atom. The van der Waals surface area contributed by atoms with Gasteiger partial charge in [-0.3, -0.25) is 0 Å². The second-order valence-corrected chi connectivity index (χ2v) is 8.56. The Bertz CT molecular complexity index is 477. The van der Waals surface area contributed by atoms with Crippen LogP contribution in [-0.4, -0.2) is 23.0 Å². The lowest BCUT2D eigenvalue weighted by Crippen LogP contribution is -2.44. The van der Waals surface area contributed by atoms with E-state index in [1.54, 1.807) is 0 Å². The molecular weight excluding hydrogens is 266 g/mol. The largest absolute Gasteiger partial charge is 0.392 e. The van der Waals surface area contributed by atoms with Gasteiger partial charge in [0.1, 0.15) is 0 Å². The number of hydrogen-bond donors (Lipinski definition) is 2. The molecule has 1 fully saturated rings. The summed E-state index contributed by atoms with van der Waals surface area (Å²) in [5, 5.41) is 11.3. The molecule has 0 spiro atoms. The summed E-state index contributed by atoms with van der Waals surface area (Å²) in [6, 6.07) is 8.67. The van der Waals surface area contributed by atoms with E-state index < -0.39 is 0 Å². The maximum atomic E-state index is 10.8. The van der Waals surface area contributed by atoms with Crippen LogP contribution in [0.2, 0.25) is 0 Å². The van der Waals surface area contributed by atoms with Gasteiger partial charge in [0.05, 0.1) is 6.10 Å². The van der Waals surface area contributed by atoms with E-state index in [1.807, 2.05) is 11.8 Å². The molecule has 0 bridgehead atoms. The fourth-order valence-corrected chi connectivity index (χ4v) is 5.50. The molecule has 1 heterocycles. The van der Waals surface area contributed by atoms with Gasteiger partial charge in [-0.05, 0) is 42.7 Å². The van der Waals surface area contributed by atoms with E-state index in [-0.39, 0.29) is 16.9 Å². The molecular formula is C17H25NOS. The van der Waals surface area contributed by atoms with Crippen LogP contribution in [0.15, 0.2) is 29.2 Å². The van der Waals surface area contributed by atoms with E-state index in [0.717, 1.165) is 25.7 Å². The zero-order chi connectivity index (χ0) is 14.4. The molecule has 3 rings (SSSR count). The second-order valence-electron chi connectivity index (χ2n) is 7.21. The van der Waals surface area contributed by atoms with Crippen LogP contribution in [0.3, 0.4) is 0 Å². The van der Waals surface area contributed by atoms with Gasteiger partial charge in [-0.1, -0.05) is 32.0 Å². The first-order chi connectivity index (χ1) is 9.47. The average molecular weight is 291 g/mol. The third-order valence-electron chi connectivity index (χ3n) is 5.34. The smallest absolute Gasteiger partial charge is 0.0659 e. The minimum atomic E-state index is -0.274. The summed E-state index contributed by atoms with van der Waals surface area (Å²) in [5.74, 6) is 0. The lowest BCUT2D eigenvalue weighted by atomic mass is 9.74. The number of thioether (sulfide) groups is 1. The second kappa shape index (κ2) is 5.04. The topological polar surface area (TPSA) is 46.2 Å². The lowest BCUT2D eigenvalue weighted by Gasteiger charge is -2.37. The first-order valence-electron chi connectivity index (χ1n) is 7.60. The number of aliphatic hydroxyl groups is 1. The van der Waals surface area contributed by atoms with Crippen LogP contribution in [-0.2, 0) is 6.42 Å². The van der Waals surface area contributed by atoms with E-state index in [9.17, 15) is 5.11 Å². The third kappa shape index (κ3) is 2.30. The summed E-state index contributed by atoms with van der Waals surface area (Å²) >= 11 is 1.97. The van der Waals surface area contributed by atoms with Crippen molar-refractivity contribution in [2.75, 3.05) is 6.54 Å². The fourth-order valence-electron chi connectivity index (χ4n) is 4.01. The van der Waals surface area contributed by atoms with E-state index >= 15 is 0 Å². The average Bonchev–Trinajstić information content (AvgIpc) is 2.93. The number of hydrogen-bond acceptors (Lipinski definition) is 3. The van der Waals surface area contributed by atoms with E-state index in [4.69, 9.17) is 5.73 Å². The van der Waals surface area contributed by atoms with Crippen molar-refractivity contribution in [1.29, 1.82) is 0 Å². The molecule has 3 unspecified atom stereocenters. The maximum absolute atomic E-state index is 10.8. The summed E-state index contributed by atoms with van der Waals surface area (Å²) in [4.78, 5) is 1.41. The van der Waals surface area contributed by atoms with Crippen LogP contribution in [0.1, 0.15) is 38.7 Å². The highest BCUT2D eigenvalue weighted by atomic mass is 32.2. The predicted octanol–water partition coefficient (Wildman–Crippen LogP) is 3.22. The Labute approximate surface area is 126 Å². The van der Waals surface area contributed by atoms with Crippen LogP contribution < -0.4 is 5.73 Å². The van der Waals surface area contributed by atoms with Gasteiger partial charge in [0.15, 0.2) is 0 Å². The van der Waals surface area contributed by atoms with Crippen LogP contribution >= 0.6 is 11.8 Å². The van der Waals surface area contributed by atoms with Gasteiger partial charge in [-0.2, -0.15) is 0 Å². The van der Waals surface area contributed by atoms with Crippen molar-refractivity contribution in [3.8, 4) is 0 Å². The number of fused-ring (bicyclic) bond motifs is 1. The predicted molar refractivity (Wildman–Crippen MR) is 84.9 cm³/mol. The molecule has 110 valence electrons. The Morgan fingerprint density at radius 3 is 2.65 bits per heavy atom. The van der Waals surface area contributed by atoms with Gasteiger partial charge in [-0.25, -0.2) is 0 Å². The first-order valence-corrected chi connectivity index (χ1v) is 8.47.